The molecule has 3 rings (SSSR count). The number of aliphatic carboxylic acids is 1. The summed E-state index contributed by atoms with van der Waals surface area (Å²) in [6.45, 7) is 5.62. The van der Waals surface area contributed by atoms with Crippen LogP contribution in [0.1, 0.15) is 50.7 Å². The molecule has 3 atom stereocenters. The van der Waals surface area contributed by atoms with Crippen molar-refractivity contribution in [2.45, 2.75) is 51.0 Å². The van der Waals surface area contributed by atoms with Crippen molar-refractivity contribution < 1.29 is 19.1 Å². The Hall–Kier alpha value is -2.11. The van der Waals surface area contributed by atoms with E-state index < -0.39 is 28.7 Å². The van der Waals surface area contributed by atoms with Crippen molar-refractivity contribution in [2.24, 2.45) is 5.41 Å². The SMILES string of the molecule is CC(C)(c1ccc(Cl)cc1)[C@H]1NC(=O)[C@](C)(CC(=O)O)C[C@@H]1c1cc(F)cc(Cl)c1. The Morgan fingerprint density at radius 2 is 1.83 bits per heavy atom. The minimum atomic E-state index is -1.12. The van der Waals surface area contributed by atoms with E-state index in [1.807, 2.05) is 26.0 Å². The van der Waals surface area contributed by atoms with E-state index >= 15 is 0 Å². The first-order valence-corrected chi connectivity index (χ1v) is 10.4. The Balaban J connectivity index is 2.10. The molecule has 1 amide bonds. The smallest absolute Gasteiger partial charge is 0.304 e. The fourth-order valence-electron chi connectivity index (χ4n) is 4.44. The topological polar surface area (TPSA) is 66.4 Å². The van der Waals surface area contributed by atoms with Gasteiger partial charge in [0.15, 0.2) is 0 Å². The van der Waals surface area contributed by atoms with Crippen molar-refractivity contribution in [1.29, 1.82) is 0 Å². The summed E-state index contributed by atoms with van der Waals surface area (Å²) >= 11 is 12.1. The Morgan fingerprint density at radius 3 is 2.40 bits per heavy atom. The summed E-state index contributed by atoms with van der Waals surface area (Å²) < 4.78 is 14.2. The van der Waals surface area contributed by atoms with Crippen molar-refractivity contribution >= 4 is 35.1 Å². The van der Waals surface area contributed by atoms with Crippen LogP contribution >= 0.6 is 23.2 Å². The summed E-state index contributed by atoms with van der Waals surface area (Å²) in [4.78, 5) is 24.4. The first kappa shape index (κ1) is 22.6. The molecule has 2 aromatic rings. The van der Waals surface area contributed by atoms with Gasteiger partial charge in [0.05, 0.1) is 11.8 Å². The molecule has 1 aliphatic rings. The maximum absolute atomic E-state index is 14.2. The summed E-state index contributed by atoms with van der Waals surface area (Å²) in [5, 5.41) is 13.3. The van der Waals surface area contributed by atoms with E-state index in [1.165, 1.54) is 12.1 Å². The zero-order chi connectivity index (χ0) is 22.3. The van der Waals surface area contributed by atoms with Gasteiger partial charge in [-0.25, -0.2) is 4.39 Å². The lowest BCUT2D eigenvalue weighted by atomic mass is 9.62. The maximum Gasteiger partial charge on any atom is 0.304 e. The van der Waals surface area contributed by atoms with E-state index in [-0.39, 0.29) is 29.7 Å². The maximum atomic E-state index is 14.2. The number of carboxylic acid groups (broad SMARTS) is 1. The summed E-state index contributed by atoms with van der Waals surface area (Å²) in [6.07, 6.45) is -0.0565. The molecule has 7 heteroatoms. The molecule has 1 aliphatic heterocycles. The molecule has 160 valence electrons. The Morgan fingerprint density at radius 1 is 1.20 bits per heavy atom. The number of nitrogens with one attached hydrogen (secondary N) is 1. The molecule has 1 fully saturated rings. The summed E-state index contributed by atoms with van der Waals surface area (Å²) in [6, 6.07) is 11.3. The molecule has 0 bridgehead atoms. The van der Waals surface area contributed by atoms with E-state index in [4.69, 9.17) is 23.2 Å². The largest absolute Gasteiger partial charge is 0.481 e. The zero-order valence-corrected chi connectivity index (χ0v) is 18.5. The highest BCUT2D eigenvalue weighted by Gasteiger charge is 2.50. The number of benzene rings is 2. The fraction of sp³-hybridized carbons (Fsp3) is 0.391. The quantitative estimate of drug-likeness (QED) is 0.624. The zero-order valence-electron chi connectivity index (χ0n) is 17.0. The van der Waals surface area contributed by atoms with Gasteiger partial charge >= 0.3 is 5.97 Å². The van der Waals surface area contributed by atoms with Crippen molar-refractivity contribution in [3.63, 3.8) is 0 Å². The monoisotopic (exact) mass is 451 g/mol. The molecule has 1 saturated heterocycles. The van der Waals surface area contributed by atoms with Gasteiger partial charge in [0.2, 0.25) is 5.91 Å². The Labute approximate surface area is 185 Å². The highest BCUT2D eigenvalue weighted by molar-refractivity contribution is 6.30. The van der Waals surface area contributed by atoms with Gasteiger partial charge in [0.1, 0.15) is 5.82 Å². The van der Waals surface area contributed by atoms with Crippen molar-refractivity contribution in [3.05, 3.63) is 69.5 Å². The first-order chi connectivity index (χ1) is 13.9. The normalized spacial score (nSPS) is 24.4. The molecule has 2 N–H and O–H groups in total. The Kier molecular flexibility index (Phi) is 6.17. The summed E-state index contributed by atoms with van der Waals surface area (Å²) in [7, 11) is 0. The van der Waals surface area contributed by atoms with Gasteiger partial charge in [-0.2, -0.15) is 0 Å². The molecule has 2 aromatic carbocycles. The molecule has 0 spiro atoms. The highest BCUT2D eigenvalue weighted by Crippen LogP contribution is 2.47. The van der Waals surface area contributed by atoms with E-state index in [2.05, 4.69) is 5.32 Å². The number of carboxylic acids is 1. The van der Waals surface area contributed by atoms with Crippen LogP contribution in [0.4, 0.5) is 4.39 Å². The van der Waals surface area contributed by atoms with Gasteiger partial charge in [-0.3, -0.25) is 9.59 Å². The van der Waals surface area contributed by atoms with Crippen LogP contribution < -0.4 is 5.32 Å². The molecule has 0 radical (unpaired) electrons. The van der Waals surface area contributed by atoms with E-state index in [1.54, 1.807) is 25.1 Å². The summed E-state index contributed by atoms with van der Waals surface area (Å²) in [5.41, 5.74) is -0.0916. The van der Waals surface area contributed by atoms with Crippen LogP contribution in [0, 0.1) is 11.2 Å². The van der Waals surface area contributed by atoms with Crippen molar-refractivity contribution in [2.75, 3.05) is 0 Å². The lowest BCUT2D eigenvalue weighted by Crippen LogP contribution is -2.60. The van der Waals surface area contributed by atoms with Crippen LogP contribution in [-0.2, 0) is 15.0 Å². The third kappa shape index (κ3) is 4.47. The Bertz CT molecular complexity index is 957. The van der Waals surface area contributed by atoms with Gasteiger partial charge in [-0.15, -0.1) is 0 Å². The minimum absolute atomic E-state index is 0.255. The minimum Gasteiger partial charge on any atom is -0.481 e. The molecule has 0 aliphatic carbocycles. The lowest BCUT2D eigenvalue weighted by Gasteiger charge is -2.48. The standard InChI is InChI=1S/C23H24Cl2FNO3/c1-22(2,14-4-6-15(24)7-5-14)20-18(13-8-16(25)10-17(26)9-13)11-23(3,12-19(28)29)21(30)27-20/h4-10,18,20H,11-12H2,1-3H3,(H,27,30)(H,28,29)/t18-,20+,23+/m1/s1. The van der Waals surface area contributed by atoms with Gasteiger partial charge in [-0.1, -0.05) is 56.1 Å². The average molecular weight is 452 g/mol. The first-order valence-electron chi connectivity index (χ1n) is 9.67. The molecule has 1 heterocycles. The van der Waals surface area contributed by atoms with Crippen LogP contribution in [0.15, 0.2) is 42.5 Å². The number of hydrogen-bond acceptors (Lipinski definition) is 2. The number of hydrogen-bond donors (Lipinski definition) is 2. The molecule has 0 unspecified atom stereocenters. The van der Waals surface area contributed by atoms with Gasteiger partial charge in [-0.05, 0) is 47.9 Å². The summed E-state index contributed by atoms with van der Waals surface area (Å²) in [5.74, 6) is -2.20. The predicted molar refractivity (Wildman–Crippen MR) is 116 cm³/mol. The van der Waals surface area contributed by atoms with Crippen LogP contribution in [0.5, 0.6) is 0 Å². The molecular weight excluding hydrogens is 428 g/mol. The van der Waals surface area contributed by atoms with Crippen LogP contribution in [0.3, 0.4) is 0 Å². The van der Waals surface area contributed by atoms with Crippen LogP contribution in [0.25, 0.3) is 0 Å². The molecule has 4 nitrogen and oxygen atoms in total. The lowest BCUT2D eigenvalue weighted by molar-refractivity contribution is -0.147. The predicted octanol–water partition coefficient (Wildman–Crippen LogP) is 5.56. The average Bonchev–Trinajstić information content (AvgIpc) is 2.62. The van der Waals surface area contributed by atoms with E-state index in [0.29, 0.717) is 10.6 Å². The molecule has 0 aromatic heterocycles. The molecule has 0 saturated carbocycles. The van der Waals surface area contributed by atoms with Crippen molar-refractivity contribution in [1.82, 2.24) is 5.32 Å². The molecular formula is C23H24Cl2FNO3. The van der Waals surface area contributed by atoms with E-state index in [9.17, 15) is 19.1 Å². The van der Waals surface area contributed by atoms with Gasteiger partial charge < -0.3 is 10.4 Å². The number of halogens is 3. The number of piperidine rings is 1. The third-order valence-corrected chi connectivity index (χ3v) is 6.60. The second kappa shape index (κ2) is 8.20. The molecule has 30 heavy (non-hydrogen) atoms. The van der Waals surface area contributed by atoms with Gasteiger partial charge in [0.25, 0.3) is 0 Å². The van der Waals surface area contributed by atoms with E-state index in [0.717, 1.165) is 5.56 Å². The van der Waals surface area contributed by atoms with Gasteiger partial charge in [0, 0.05) is 27.4 Å². The van der Waals surface area contributed by atoms with Crippen LogP contribution in [0.2, 0.25) is 10.0 Å². The number of carbonyl (C=O) groups is 2. The van der Waals surface area contributed by atoms with Crippen LogP contribution in [-0.4, -0.2) is 23.0 Å². The van der Waals surface area contributed by atoms with Crippen molar-refractivity contribution in [3.8, 4) is 0 Å². The number of carbonyl (C=O) groups excluding carboxylic acids is 1. The highest BCUT2D eigenvalue weighted by atomic mass is 35.5. The number of amides is 1. The second-order valence-electron chi connectivity index (χ2n) is 8.82. The second-order valence-corrected chi connectivity index (χ2v) is 9.70. The third-order valence-electron chi connectivity index (χ3n) is 6.13. The fourth-order valence-corrected chi connectivity index (χ4v) is 4.80. The number of rotatable bonds is 5.